The van der Waals surface area contributed by atoms with Crippen LogP contribution in [0.3, 0.4) is 0 Å². The van der Waals surface area contributed by atoms with E-state index >= 15 is 0 Å². The van der Waals surface area contributed by atoms with Crippen LogP contribution in [0.1, 0.15) is 38.3 Å². The van der Waals surface area contributed by atoms with E-state index in [1.54, 1.807) is 0 Å². The van der Waals surface area contributed by atoms with Gasteiger partial charge >= 0.3 is 0 Å². The average Bonchev–Trinajstić information content (AvgIpc) is 2.29. The van der Waals surface area contributed by atoms with Crippen LogP contribution in [-0.2, 0) is 0 Å². The molecule has 0 N–H and O–H groups in total. The molecule has 0 fully saturated rings. The average molecular weight is 212 g/mol. The molecule has 1 aromatic carbocycles. The lowest BCUT2D eigenvalue weighted by Gasteiger charge is -2.11. The van der Waals surface area contributed by atoms with Gasteiger partial charge in [-0.25, -0.2) is 0 Å². The molecule has 0 spiro atoms. The summed E-state index contributed by atoms with van der Waals surface area (Å²) in [7, 11) is 0. The van der Waals surface area contributed by atoms with Crippen molar-refractivity contribution in [1.29, 1.82) is 0 Å². The largest absolute Gasteiger partial charge is 0.0985 e. The molecule has 1 rings (SSSR count). The van der Waals surface area contributed by atoms with Crippen LogP contribution in [0.4, 0.5) is 0 Å². The van der Waals surface area contributed by atoms with E-state index in [9.17, 15) is 0 Å². The lowest BCUT2D eigenvalue weighted by molar-refractivity contribution is 1.11. The van der Waals surface area contributed by atoms with Crippen molar-refractivity contribution in [3.63, 3.8) is 0 Å². The minimum atomic E-state index is 1.03. The number of allylic oxidation sites excluding steroid dienone is 3. The summed E-state index contributed by atoms with van der Waals surface area (Å²) in [5.41, 5.74) is 6.18. The lowest BCUT2D eigenvalue weighted by Crippen LogP contribution is -1.90. The smallest absolute Gasteiger partial charge is 0.0187 e. The molecule has 0 aliphatic rings. The third-order valence-corrected chi connectivity index (χ3v) is 2.82. The maximum Gasteiger partial charge on any atom is -0.0187 e. The minimum absolute atomic E-state index is 1.03. The van der Waals surface area contributed by atoms with Gasteiger partial charge in [0.1, 0.15) is 0 Å². The molecule has 0 heteroatoms. The van der Waals surface area contributed by atoms with Crippen LogP contribution >= 0.6 is 0 Å². The molecule has 0 saturated heterocycles. The molecule has 0 heterocycles. The van der Waals surface area contributed by atoms with Crippen molar-refractivity contribution >= 4 is 11.6 Å². The van der Waals surface area contributed by atoms with E-state index in [1.807, 2.05) is 6.08 Å². The van der Waals surface area contributed by atoms with Crippen molar-refractivity contribution in [3.8, 4) is 0 Å². The van der Waals surface area contributed by atoms with Crippen LogP contribution in [0, 0.1) is 0 Å². The van der Waals surface area contributed by atoms with Crippen LogP contribution < -0.4 is 0 Å². The van der Waals surface area contributed by atoms with Crippen LogP contribution in [0.2, 0.25) is 0 Å². The second kappa shape index (κ2) is 5.50. The van der Waals surface area contributed by atoms with Crippen molar-refractivity contribution in [1.82, 2.24) is 0 Å². The Kier molecular flexibility index (Phi) is 4.30. The summed E-state index contributed by atoms with van der Waals surface area (Å²) in [6, 6.07) is 8.37. The first-order chi connectivity index (χ1) is 7.60. The zero-order chi connectivity index (χ0) is 12.1. The standard InChI is InChI=1S/C16H20/c1-6-14-8-10-15(11-9-14)13(5)16(7-2)12(3)4/h6,8-11H,1,5,7H2,2-4H3. The first kappa shape index (κ1) is 12.5. The zero-order valence-corrected chi connectivity index (χ0v) is 10.5. The molecule has 0 bridgehead atoms. The van der Waals surface area contributed by atoms with Gasteiger partial charge in [0.05, 0.1) is 0 Å². The lowest BCUT2D eigenvalue weighted by atomic mass is 9.94. The summed E-state index contributed by atoms with van der Waals surface area (Å²) in [6.07, 6.45) is 2.89. The van der Waals surface area contributed by atoms with Crippen molar-refractivity contribution in [2.75, 3.05) is 0 Å². The Bertz CT molecular complexity index is 412. The van der Waals surface area contributed by atoms with Crippen LogP contribution in [-0.4, -0.2) is 0 Å². The summed E-state index contributed by atoms with van der Waals surface area (Å²) < 4.78 is 0. The van der Waals surface area contributed by atoms with Gasteiger partial charge in [0.25, 0.3) is 0 Å². The van der Waals surface area contributed by atoms with Gasteiger partial charge < -0.3 is 0 Å². The normalized spacial score (nSPS) is 9.69. The molecular formula is C16H20. The highest BCUT2D eigenvalue weighted by molar-refractivity contribution is 5.78. The van der Waals surface area contributed by atoms with E-state index in [1.165, 1.54) is 16.7 Å². The van der Waals surface area contributed by atoms with Gasteiger partial charge in [0, 0.05) is 0 Å². The van der Waals surface area contributed by atoms with Crippen LogP contribution in [0.5, 0.6) is 0 Å². The molecule has 0 radical (unpaired) electrons. The monoisotopic (exact) mass is 212 g/mol. The summed E-state index contributed by atoms with van der Waals surface area (Å²) in [5.74, 6) is 0. The molecule has 0 aromatic heterocycles. The predicted molar refractivity (Wildman–Crippen MR) is 74.2 cm³/mol. The van der Waals surface area contributed by atoms with Gasteiger partial charge in [-0.05, 0) is 42.5 Å². The summed E-state index contributed by atoms with van der Waals surface area (Å²) in [6.45, 7) is 14.4. The maximum absolute atomic E-state index is 4.19. The molecule has 0 aliphatic carbocycles. The summed E-state index contributed by atoms with van der Waals surface area (Å²) in [5, 5.41) is 0. The number of rotatable bonds is 4. The summed E-state index contributed by atoms with van der Waals surface area (Å²) >= 11 is 0. The van der Waals surface area contributed by atoms with E-state index in [4.69, 9.17) is 0 Å². The molecular weight excluding hydrogens is 192 g/mol. The Morgan fingerprint density at radius 1 is 1.19 bits per heavy atom. The minimum Gasteiger partial charge on any atom is -0.0985 e. The molecule has 1 aromatic rings. The van der Waals surface area contributed by atoms with Gasteiger partial charge in [-0.1, -0.05) is 56.0 Å². The predicted octanol–water partition coefficient (Wildman–Crippen LogP) is 5.09. The third-order valence-electron chi connectivity index (χ3n) is 2.82. The molecule has 0 unspecified atom stereocenters. The quantitative estimate of drug-likeness (QED) is 0.610. The van der Waals surface area contributed by atoms with Crippen LogP contribution in [0.15, 0.2) is 48.6 Å². The van der Waals surface area contributed by atoms with Crippen molar-refractivity contribution in [3.05, 3.63) is 59.7 Å². The first-order valence-electron chi connectivity index (χ1n) is 5.68. The van der Waals surface area contributed by atoms with Crippen molar-refractivity contribution in [2.45, 2.75) is 27.2 Å². The van der Waals surface area contributed by atoms with Gasteiger partial charge in [-0.3, -0.25) is 0 Å². The Morgan fingerprint density at radius 3 is 2.12 bits per heavy atom. The highest BCUT2D eigenvalue weighted by Gasteiger charge is 2.05. The van der Waals surface area contributed by atoms with Gasteiger partial charge in [0.2, 0.25) is 0 Å². The highest BCUT2D eigenvalue weighted by Crippen LogP contribution is 2.26. The number of hydrogen-bond donors (Lipinski definition) is 0. The third kappa shape index (κ3) is 2.73. The first-order valence-corrected chi connectivity index (χ1v) is 5.68. The fourth-order valence-electron chi connectivity index (χ4n) is 1.86. The second-order valence-corrected chi connectivity index (χ2v) is 4.14. The zero-order valence-electron chi connectivity index (χ0n) is 10.5. The molecule has 16 heavy (non-hydrogen) atoms. The molecule has 0 atom stereocenters. The van der Waals surface area contributed by atoms with Gasteiger partial charge in [-0.15, -0.1) is 0 Å². The molecule has 0 aliphatic heterocycles. The molecule has 0 saturated carbocycles. The second-order valence-electron chi connectivity index (χ2n) is 4.14. The Labute approximate surface area is 99.0 Å². The van der Waals surface area contributed by atoms with E-state index in [-0.39, 0.29) is 0 Å². The van der Waals surface area contributed by atoms with Crippen molar-refractivity contribution < 1.29 is 0 Å². The van der Waals surface area contributed by atoms with Crippen molar-refractivity contribution in [2.24, 2.45) is 0 Å². The number of benzene rings is 1. The van der Waals surface area contributed by atoms with E-state index in [0.717, 1.165) is 17.6 Å². The molecule has 0 amide bonds. The fourth-order valence-corrected chi connectivity index (χ4v) is 1.86. The van der Waals surface area contributed by atoms with E-state index < -0.39 is 0 Å². The number of hydrogen-bond acceptors (Lipinski definition) is 0. The van der Waals surface area contributed by atoms with E-state index in [0.29, 0.717) is 0 Å². The Hall–Kier alpha value is -1.56. The van der Waals surface area contributed by atoms with Gasteiger partial charge in [-0.2, -0.15) is 0 Å². The topological polar surface area (TPSA) is 0 Å². The molecule has 84 valence electrons. The Morgan fingerprint density at radius 2 is 1.75 bits per heavy atom. The fraction of sp³-hybridized carbons (Fsp3) is 0.250. The molecule has 0 nitrogen and oxygen atoms in total. The Balaban J connectivity index is 3.05. The summed E-state index contributed by atoms with van der Waals surface area (Å²) in [4.78, 5) is 0. The highest BCUT2D eigenvalue weighted by atomic mass is 14.1. The van der Waals surface area contributed by atoms with Gasteiger partial charge in [0.15, 0.2) is 0 Å². The van der Waals surface area contributed by atoms with Crippen LogP contribution in [0.25, 0.3) is 11.6 Å². The van der Waals surface area contributed by atoms with E-state index in [2.05, 4.69) is 58.2 Å². The SMILES string of the molecule is C=Cc1ccc(C(=C)C(CC)=C(C)C)cc1. The maximum atomic E-state index is 4.19.